The zero-order valence-electron chi connectivity index (χ0n) is 13.0. The maximum atomic E-state index is 3.76. The van der Waals surface area contributed by atoms with E-state index >= 15 is 0 Å². The lowest BCUT2D eigenvalue weighted by Gasteiger charge is -2.35. The number of benzene rings is 2. The van der Waals surface area contributed by atoms with Gasteiger partial charge >= 0.3 is 0 Å². The molecule has 118 valence electrons. The molecule has 23 heavy (non-hydrogen) atoms. The Morgan fingerprint density at radius 1 is 1.09 bits per heavy atom. The van der Waals surface area contributed by atoms with Crippen molar-refractivity contribution in [3.63, 3.8) is 0 Å². The van der Waals surface area contributed by atoms with Crippen LogP contribution in [0.4, 0.5) is 17.1 Å². The summed E-state index contributed by atoms with van der Waals surface area (Å²) in [5, 5.41) is 3.76. The van der Waals surface area contributed by atoms with Crippen molar-refractivity contribution in [1.29, 1.82) is 0 Å². The second-order valence-electron chi connectivity index (χ2n) is 7.00. The van der Waals surface area contributed by atoms with Crippen LogP contribution in [0.25, 0.3) is 0 Å². The molecule has 0 spiro atoms. The first-order chi connectivity index (χ1) is 10.8. The highest BCUT2D eigenvalue weighted by Crippen LogP contribution is 2.54. The molecule has 2 N–H and O–H groups in total. The second-order valence-corrected chi connectivity index (χ2v) is 8.09. The summed E-state index contributed by atoms with van der Waals surface area (Å²) in [5.41, 5.74) is 6.01. The minimum Gasteiger partial charge on any atom is -1.00 e. The Labute approximate surface area is 157 Å². The Kier molecular flexibility index (Phi) is 2.95. The molecule has 0 radical (unpaired) electrons. The van der Waals surface area contributed by atoms with E-state index in [1.54, 1.807) is 4.90 Å². The van der Waals surface area contributed by atoms with Gasteiger partial charge in [0.15, 0.2) is 17.5 Å². The Bertz CT molecular complexity index is 837. The third kappa shape index (κ3) is 1.64. The number of fused-ring (bicyclic) bond motifs is 3. The van der Waals surface area contributed by atoms with Crippen LogP contribution in [0.2, 0.25) is 0 Å². The van der Waals surface area contributed by atoms with Crippen LogP contribution < -0.4 is 39.1 Å². The summed E-state index contributed by atoms with van der Waals surface area (Å²) in [4.78, 5) is 7.12. The minimum atomic E-state index is 0. The first-order valence-electron chi connectivity index (χ1n) is 8.11. The molecule has 0 bridgehead atoms. The smallest absolute Gasteiger partial charge is 0.190 e. The summed E-state index contributed by atoms with van der Waals surface area (Å²) in [6.07, 6.45) is 0.510. The zero-order valence-corrected chi connectivity index (χ0v) is 16.0. The standard InChI is InChI=1S/C18H17N3S.HI/c1-9(2)20-11-6-4-8-13-17(11)21-16-10(5-3-7-12(16)22-13)14-15(19-14)18(20)21;/h3-9,14-15,18-19H,1-2H3;1H. The lowest BCUT2D eigenvalue weighted by molar-refractivity contribution is -0.789. The van der Waals surface area contributed by atoms with Crippen LogP contribution in [0.15, 0.2) is 46.2 Å². The van der Waals surface area contributed by atoms with Crippen molar-refractivity contribution in [3.05, 3.63) is 42.0 Å². The van der Waals surface area contributed by atoms with Crippen molar-refractivity contribution < 1.29 is 28.9 Å². The molecular weight excluding hydrogens is 417 g/mol. The van der Waals surface area contributed by atoms with E-state index < -0.39 is 0 Å². The first-order valence-corrected chi connectivity index (χ1v) is 8.93. The molecule has 4 atom stereocenters. The van der Waals surface area contributed by atoms with Gasteiger partial charge in [-0.05, 0) is 32.0 Å². The van der Waals surface area contributed by atoms with Gasteiger partial charge < -0.3 is 28.9 Å². The molecule has 3 nitrogen and oxygen atoms in total. The average Bonchev–Trinajstić information content (AvgIpc) is 3.23. The van der Waals surface area contributed by atoms with Crippen LogP contribution in [0, 0.1) is 0 Å². The van der Waals surface area contributed by atoms with E-state index in [0.717, 1.165) is 0 Å². The number of hydrogen-bond acceptors (Lipinski definition) is 3. The van der Waals surface area contributed by atoms with Crippen LogP contribution in [0.1, 0.15) is 25.5 Å². The molecule has 2 aromatic rings. The largest absolute Gasteiger partial charge is 1.00 e. The summed E-state index contributed by atoms with van der Waals surface area (Å²) in [6.45, 7) is 4.65. The quantitative estimate of drug-likeness (QED) is 0.472. The predicted octanol–water partition coefficient (Wildman–Crippen LogP) is -0.416. The predicted molar refractivity (Wildman–Crippen MR) is 88.4 cm³/mol. The molecule has 0 aliphatic carbocycles. The Balaban J connectivity index is 0.00000121. The summed E-state index contributed by atoms with van der Waals surface area (Å²) in [7, 11) is 0. The summed E-state index contributed by atoms with van der Waals surface area (Å²) in [6, 6.07) is 15.3. The molecule has 2 aromatic carbocycles. The number of rotatable bonds is 1. The van der Waals surface area contributed by atoms with E-state index in [1.807, 2.05) is 11.8 Å². The maximum Gasteiger partial charge on any atom is 0.190 e. The molecule has 1 saturated heterocycles. The van der Waals surface area contributed by atoms with Gasteiger partial charge in [0.1, 0.15) is 11.7 Å². The highest BCUT2D eigenvalue weighted by molar-refractivity contribution is 7.99. The number of nitrogens with one attached hydrogen (secondary N) is 2. The summed E-state index contributed by atoms with van der Waals surface area (Å²) < 4.78 is 0. The van der Waals surface area contributed by atoms with Crippen LogP contribution in [0.3, 0.4) is 0 Å². The van der Waals surface area contributed by atoms with Crippen molar-refractivity contribution >= 4 is 28.8 Å². The molecule has 4 aliphatic heterocycles. The van der Waals surface area contributed by atoms with Crippen molar-refractivity contribution in [2.45, 2.75) is 47.9 Å². The Morgan fingerprint density at radius 3 is 2.61 bits per heavy atom. The fourth-order valence-corrected chi connectivity index (χ4v) is 5.94. The summed E-state index contributed by atoms with van der Waals surface area (Å²) in [5.74, 6) is 0. The molecular formula is C18H18IN3S. The molecule has 5 heteroatoms. The Morgan fingerprint density at radius 2 is 1.83 bits per heavy atom. The van der Waals surface area contributed by atoms with E-state index in [9.17, 15) is 0 Å². The minimum absolute atomic E-state index is 0. The average molecular weight is 435 g/mol. The third-order valence-corrected chi connectivity index (χ3v) is 6.67. The number of anilines is 1. The SMILES string of the molecule is CC(C)N1c2cccc3c2[NH+]2c4c(cccc4C4NC4C12)S3.[I-]. The van der Waals surface area contributed by atoms with E-state index in [4.69, 9.17) is 0 Å². The fourth-order valence-electron chi connectivity index (χ4n) is 4.76. The second kappa shape index (κ2) is 4.65. The summed E-state index contributed by atoms with van der Waals surface area (Å²) >= 11 is 1.95. The van der Waals surface area contributed by atoms with E-state index in [-0.39, 0.29) is 24.0 Å². The molecule has 0 aromatic heterocycles. The van der Waals surface area contributed by atoms with Gasteiger partial charge in [-0.1, -0.05) is 30.0 Å². The molecule has 1 fully saturated rings. The normalized spacial score (nSPS) is 30.7. The lowest BCUT2D eigenvalue weighted by Crippen LogP contribution is -3.09. The number of para-hydroxylation sites is 2. The van der Waals surface area contributed by atoms with Crippen LogP contribution in [0.5, 0.6) is 0 Å². The third-order valence-electron chi connectivity index (χ3n) is 5.55. The van der Waals surface area contributed by atoms with Gasteiger partial charge in [0.25, 0.3) is 0 Å². The van der Waals surface area contributed by atoms with Gasteiger partial charge in [-0.25, -0.2) is 4.90 Å². The molecule has 6 rings (SSSR count). The topological polar surface area (TPSA) is 29.6 Å². The molecule has 0 amide bonds. The number of quaternary nitrogens is 1. The van der Waals surface area contributed by atoms with Crippen LogP contribution in [-0.2, 0) is 0 Å². The van der Waals surface area contributed by atoms with Crippen molar-refractivity contribution in [2.75, 3.05) is 4.90 Å². The van der Waals surface area contributed by atoms with Gasteiger partial charge in [-0.3, -0.25) is 5.32 Å². The zero-order chi connectivity index (χ0) is 14.6. The van der Waals surface area contributed by atoms with Gasteiger partial charge in [0.05, 0.1) is 15.8 Å². The van der Waals surface area contributed by atoms with Crippen LogP contribution >= 0.6 is 11.8 Å². The number of hydrogen-bond donors (Lipinski definition) is 2. The van der Waals surface area contributed by atoms with Crippen molar-refractivity contribution in [3.8, 4) is 0 Å². The van der Waals surface area contributed by atoms with Gasteiger partial charge in [0, 0.05) is 11.6 Å². The highest BCUT2D eigenvalue weighted by atomic mass is 127. The van der Waals surface area contributed by atoms with E-state index in [2.05, 4.69) is 60.5 Å². The molecule has 4 aliphatic rings. The fraction of sp³-hybridized carbons (Fsp3) is 0.333. The Hall–Kier alpha value is -0.760. The van der Waals surface area contributed by atoms with Gasteiger partial charge in [0.2, 0.25) is 0 Å². The number of nitrogens with zero attached hydrogens (tertiary/aromatic N) is 1. The lowest BCUT2D eigenvalue weighted by atomic mass is 9.99. The van der Waals surface area contributed by atoms with Crippen LogP contribution in [-0.4, -0.2) is 18.2 Å². The van der Waals surface area contributed by atoms with E-state index in [1.165, 1.54) is 32.4 Å². The maximum absolute atomic E-state index is 3.76. The number of halogens is 1. The highest BCUT2D eigenvalue weighted by Gasteiger charge is 2.63. The van der Waals surface area contributed by atoms with Gasteiger partial charge in [-0.15, -0.1) is 0 Å². The molecule has 4 heterocycles. The molecule has 0 saturated carbocycles. The van der Waals surface area contributed by atoms with Crippen molar-refractivity contribution in [2.24, 2.45) is 0 Å². The van der Waals surface area contributed by atoms with Crippen molar-refractivity contribution in [1.82, 2.24) is 5.32 Å². The van der Waals surface area contributed by atoms with Gasteiger partial charge in [-0.2, -0.15) is 0 Å². The monoisotopic (exact) mass is 435 g/mol. The molecule has 4 unspecified atom stereocenters. The van der Waals surface area contributed by atoms with E-state index in [0.29, 0.717) is 24.3 Å². The first kappa shape index (κ1) is 14.6.